The summed E-state index contributed by atoms with van der Waals surface area (Å²) in [4.78, 5) is 13.5. The van der Waals surface area contributed by atoms with Crippen LogP contribution in [0.4, 0.5) is 10.5 Å². The molecule has 2 aromatic carbocycles. The molecule has 114 valence electrons. The molecule has 1 aliphatic rings. The maximum atomic E-state index is 12.3. The summed E-state index contributed by atoms with van der Waals surface area (Å²) in [6.07, 6.45) is 0.932. The average Bonchev–Trinajstić information content (AvgIpc) is 2.55. The van der Waals surface area contributed by atoms with E-state index in [9.17, 15) is 4.79 Å². The Morgan fingerprint density at radius 2 is 1.95 bits per heavy atom. The van der Waals surface area contributed by atoms with Crippen molar-refractivity contribution in [1.29, 1.82) is 0 Å². The summed E-state index contributed by atoms with van der Waals surface area (Å²) < 4.78 is 5.25. The predicted octanol–water partition coefficient (Wildman–Crippen LogP) is 4.05. The van der Waals surface area contributed by atoms with Crippen LogP contribution in [0.25, 0.3) is 0 Å². The van der Waals surface area contributed by atoms with Gasteiger partial charge in [-0.25, -0.2) is 4.79 Å². The van der Waals surface area contributed by atoms with Gasteiger partial charge in [0.25, 0.3) is 0 Å². The first-order chi connectivity index (χ1) is 10.8. The van der Waals surface area contributed by atoms with Gasteiger partial charge >= 0.3 is 6.03 Å². The van der Waals surface area contributed by atoms with Crippen LogP contribution >= 0.6 is 11.8 Å². The molecule has 4 nitrogen and oxygen atoms in total. The number of urea groups is 1. The number of thioether (sulfide) groups is 1. The number of carbonyl (C=O) groups excluding carboxylic acids is 1. The highest BCUT2D eigenvalue weighted by Gasteiger charge is 2.22. The molecule has 1 heterocycles. The smallest absolute Gasteiger partial charge is 0.319 e. The highest BCUT2D eigenvalue weighted by molar-refractivity contribution is 7.99. The number of methoxy groups -OCH3 is 1. The van der Waals surface area contributed by atoms with Crippen LogP contribution in [0.1, 0.15) is 18.0 Å². The fraction of sp³-hybridized carbons (Fsp3) is 0.235. The zero-order valence-corrected chi connectivity index (χ0v) is 13.2. The van der Waals surface area contributed by atoms with E-state index < -0.39 is 0 Å². The second-order valence-electron chi connectivity index (χ2n) is 5.03. The molecular formula is C17H18N2O2S. The molecule has 0 aromatic heterocycles. The Balaban J connectivity index is 1.70. The van der Waals surface area contributed by atoms with E-state index in [1.807, 2.05) is 48.2 Å². The minimum atomic E-state index is -0.212. The lowest BCUT2D eigenvalue weighted by Gasteiger charge is -2.26. The molecule has 3 rings (SSSR count). The highest BCUT2D eigenvalue weighted by atomic mass is 32.2. The summed E-state index contributed by atoms with van der Waals surface area (Å²) in [5.41, 5.74) is 1.86. The van der Waals surface area contributed by atoms with Crippen LogP contribution < -0.4 is 15.4 Å². The number of benzene rings is 2. The molecule has 0 saturated heterocycles. The molecule has 0 aliphatic carbocycles. The van der Waals surface area contributed by atoms with E-state index in [-0.39, 0.29) is 12.1 Å². The van der Waals surface area contributed by atoms with E-state index >= 15 is 0 Å². The fourth-order valence-electron chi connectivity index (χ4n) is 2.56. The lowest BCUT2D eigenvalue weighted by atomic mass is 10.0. The molecule has 5 heteroatoms. The van der Waals surface area contributed by atoms with Crippen molar-refractivity contribution in [2.45, 2.75) is 17.4 Å². The van der Waals surface area contributed by atoms with Gasteiger partial charge in [-0.2, -0.15) is 0 Å². The third-order valence-corrected chi connectivity index (χ3v) is 4.74. The molecule has 1 atom stereocenters. The van der Waals surface area contributed by atoms with Gasteiger partial charge < -0.3 is 15.4 Å². The lowest BCUT2D eigenvalue weighted by Crippen LogP contribution is -2.34. The first kappa shape index (κ1) is 14.8. The van der Waals surface area contributed by atoms with E-state index in [4.69, 9.17) is 4.74 Å². The first-order valence-electron chi connectivity index (χ1n) is 7.20. The highest BCUT2D eigenvalue weighted by Crippen LogP contribution is 2.35. The zero-order chi connectivity index (χ0) is 15.4. The van der Waals surface area contributed by atoms with Crippen molar-refractivity contribution in [3.05, 3.63) is 54.1 Å². The van der Waals surface area contributed by atoms with Crippen molar-refractivity contribution in [2.24, 2.45) is 0 Å². The van der Waals surface area contributed by atoms with Crippen LogP contribution in [-0.4, -0.2) is 18.9 Å². The summed E-state index contributed by atoms with van der Waals surface area (Å²) >= 11 is 1.84. The van der Waals surface area contributed by atoms with Crippen LogP contribution in [0, 0.1) is 0 Å². The minimum absolute atomic E-state index is 0.0483. The van der Waals surface area contributed by atoms with Gasteiger partial charge in [-0.1, -0.05) is 30.3 Å². The number of carbonyl (C=O) groups is 1. The summed E-state index contributed by atoms with van der Waals surface area (Å²) in [6, 6.07) is 15.4. The van der Waals surface area contributed by atoms with Crippen LogP contribution in [0.3, 0.4) is 0 Å². The summed E-state index contributed by atoms with van der Waals surface area (Å²) in [6.45, 7) is 0. The SMILES string of the molecule is COc1ccccc1NC(=O)N[C@H]1CCSc2ccccc21. The lowest BCUT2D eigenvalue weighted by molar-refractivity contribution is 0.248. The van der Waals surface area contributed by atoms with Crippen molar-refractivity contribution >= 4 is 23.5 Å². The molecule has 0 radical (unpaired) electrons. The predicted molar refractivity (Wildman–Crippen MR) is 89.7 cm³/mol. The van der Waals surface area contributed by atoms with E-state index in [0.29, 0.717) is 11.4 Å². The minimum Gasteiger partial charge on any atom is -0.495 e. The van der Waals surface area contributed by atoms with Gasteiger partial charge in [0.05, 0.1) is 18.8 Å². The van der Waals surface area contributed by atoms with Crippen molar-refractivity contribution in [3.8, 4) is 5.75 Å². The van der Waals surface area contributed by atoms with Crippen LogP contribution in [0.15, 0.2) is 53.4 Å². The van der Waals surface area contributed by atoms with Crippen LogP contribution in [0.5, 0.6) is 5.75 Å². The quantitative estimate of drug-likeness (QED) is 0.898. The van der Waals surface area contributed by atoms with E-state index in [2.05, 4.69) is 22.8 Å². The van der Waals surface area contributed by atoms with Crippen molar-refractivity contribution < 1.29 is 9.53 Å². The van der Waals surface area contributed by atoms with Crippen molar-refractivity contribution in [1.82, 2.24) is 5.32 Å². The second-order valence-corrected chi connectivity index (χ2v) is 6.16. The summed E-state index contributed by atoms with van der Waals surface area (Å²) in [5, 5.41) is 5.91. The Kier molecular flexibility index (Phi) is 4.53. The Bertz CT molecular complexity index is 675. The van der Waals surface area contributed by atoms with Gasteiger partial charge in [0.1, 0.15) is 5.75 Å². The Morgan fingerprint density at radius 3 is 2.82 bits per heavy atom. The summed E-state index contributed by atoms with van der Waals surface area (Å²) in [7, 11) is 1.59. The molecule has 2 amide bonds. The van der Waals surface area contributed by atoms with E-state index in [0.717, 1.165) is 12.2 Å². The van der Waals surface area contributed by atoms with Gasteiger partial charge in [-0.15, -0.1) is 11.8 Å². The van der Waals surface area contributed by atoms with Gasteiger partial charge in [0, 0.05) is 10.6 Å². The first-order valence-corrected chi connectivity index (χ1v) is 8.19. The molecule has 0 spiro atoms. The van der Waals surface area contributed by atoms with Gasteiger partial charge in [-0.3, -0.25) is 0 Å². The van der Waals surface area contributed by atoms with Crippen molar-refractivity contribution in [2.75, 3.05) is 18.2 Å². The average molecular weight is 314 g/mol. The molecular weight excluding hydrogens is 296 g/mol. The Hall–Kier alpha value is -2.14. The number of amides is 2. The van der Waals surface area contributed by atoms with Gasteiger partial charge in [-0.05, 0) is 30.2 Å². The Labute approximate surface area is 134 Å². The summed E-state index contributed by atoms with van der Waals surface area (Å²) in [5.74, 6) is 1.66. The van der Waals surface area contributed by atoms with E-state index in [1.54, 1.807) is 7.11 Å². The van der Waals surface area contributed by atoms with E-state index in [1.165, 1.54) is 10.5 Å². The topological polar surface area (TPSA) is 50.4 Å². The number of anilines is 1. The molecule has 22 heavy (non-hydrogen) atoms. The second kappa shape index (κ2) is 6.75. The molecule has 0 bridgehead atoms. The number of ether oxygens (including phenoxy) is 1. The number of hydrogen-bond donors (Lipinski definition) is 2. The third-order valence-electron chi connectivity index (χ3n) is 3.62. The Morgan fingerprint density at radius 1 is 1.18 bits per heavy atom. The fourth-order valence-corrected chi connectivity index (χ4v) is 3.68. The number of rotatable bonds is 3. The van der Waals surface area contributed by atoms with Crippen LogP contribution in [-0.2, 0) is 0 Å². The van der Waals surface area contributed by atoms with Crippen LogP contribution in [0.2, 0.25) is 0 Å². The maximum Gasteiger partial charge on any atom is 0.319 e. The molecule has 0 saturated carbocycles. The monoisotopic (exact) mass is 314 g/mol. The normalized spacial score (nSPS) is 16.5. The molecule has 2 N–H and O–H groups in total. The van der Waals surface area contributed by atoms with Gasteiger partial charge in [0.2, 0.25) is 0 Å². The molecule has 0 fully saturated rings. The van der Waals surface area contributed by atoms with Gasteiger partial charge in [0.15, 0.2) is 0 Å². The number of nitrogens with one attached hydrogen (secondary N) is 2. The molecule has 2 aromatic rings. The molecule has 1 aliphatic heterocycles. The number of para-hydroxylation sites is 2. The third kappa shape index (κ3) is 3.20. The molecule has 0 unspecified atom stereocenters. The largest absolute Gasteiger partial charge is 0.495 e. The number of hydrogen-bond acceptors (Lipinski definition) is 3. The maximum absolute atomic E-state index is 12.3. The number of fused-ring (bicyclic) bond motifs is 1. The van der Waals surface area contributed by atoms with Crippen molar-refractivity contribution in [3.63, 3.8) is 0 Å². The zero-order valence-electron chi connectivity index (χ0n) is 12.3. The standard InChI is InChI=1S/C17H18N2O2S/c1-21-15-8-4-3-7-14(15)19-17(20)18-13-10-11-22-16-9-5-2-6-12(13)16/h2-9,13H,10-11H2,1H3,(H2,18,19,20)/t13-/m0/s1.